The normalized spacial score (nSPS) is 14.5. The van der Waals surface area contributed by atoms with Crippen LogP contribution in [0.15, 0.2) is 52.3 Å². The van der Waals surface area contributed by atoms with Crippen molar-refractivity contribution in [3.8, 4) is 0 Å². The molecule has 3 rings (SSSR count). The van der Waals surface area contributed by atoms with Gasteiger partial charge in [-0.05, 0) is 35.3 Å². The zero-order valence-corrected chi connectivity index (χ0v) is 20.2. The summed E-state index contributed by atoms with van der Waals surface area (Å²) in [6, 6.07) is 12.1. The quantitative estimate of drug-likeness (QED) is 0.498. The van der Waals surface area contributed by atoms with Crippen LogP contribution in [0.3, 0.4) is 0 Å². The molecule has 1 fully saturated rings. The minimum absolute atomic E-state index is 0.0399. The summed E-state index contributed by atoms with van der Waals surface area (Å²) in [5.41, 5.74) is 1.96. The molecule has 2 amide bonds. The van der Waals surface area contributed by atoms with Gasteiger partial charge in [-0.1, -0.05) is 73.1 Å². The van der Waals surface area contributed by atoms with E-state index in [1.54, 1.807) is 34.6 Å². The van der Waals surface area contributed by atoms with Crippen molar-refractivity contribution < 1.29 is 9.59 Å². The van der Waals surface area contributed by atoms with Gasteiger partial charge in [0.25, 0.3) is 0 Å². The number of rotatable bonds is 5. The number of carbonyl (C=O) groups excluding carboxylic acids is 2. The van der Waals surface area contributed by atoms with Crippen molar-refractivity contribution in [1.82, 2.24) is 9.80 Å². The molecule has 0 radical (unpaired) electrons. The van der Waals surface area contributed by atoms with Crippen molar-refractivity contribution in [2.24, 2.45) is 0 Å². The molecule has 0 atom stereocenters. The maximum Gasteiger partial charge on any atom is 0.246 e. The fourth-order valence-electron chi connectivity index (χ4n) is 3.43. The lowest BCUT2D eigenvalue weighted by Gasteiger charge is -2.33. The molecule has 164 valence electrons. The molecule has 1 heterocycles. The molecule has 0 saturated carbocycles. The first kappa shape index (κ1) is 23.7. The Labute approximate surface area is 198 Å². The largest absolute Gasteiger partial charge is 0.339 e. The molecule has 1 aliphatic rings. The Bertz CT molecular complexity index is 999. The smallest absolute Gasteiger partial charge is 0.246 e. The van der Waals surface area contributed by atoms with E-state index in [2.05, 4.69) is 26.0 Å². The summed E-state index contributed by atoms with van der Waals surface area (Å²) in [6.07, 6.45) is 3.21. The van der Waals surface area contributed by atoms with E-state index >= 15 is 0 Å². The lowest BCUT2D eigenvalue weighted by Crippen LogP contribution is -2.49. The number of nitrogens with zero attached hydrogens (tertiary/aromatic N) is 2. The highest BCUT2D eigenvalue weighted by atomic mass is 35.5. The lowest BCUT2D eigenvalue weighted by molar-refractivity contribution is -0.135. The highest BCUT2D eigenvalue weighted by Crippen LogP contribution is 2.41. The van der Waals surface area contributed by atoms with Gasteiger partial charge in [0.1, 0.15) is 0 Å². The SMILES string of the molecule is CC(=O)N1CCN(C(=O)/C=C/c2ccc(Sc3ccccc3C(C)C)c(Cl)c2Cl)CC1. The van der Waals surface area contributed by atoms with Crippen molar-refractivity contribution in [2.45, 2.75) is 36.5 Å². The van der Waals surface area contributed by atoms with Crippen LogP contribution in [-0.4, -0.2) is 47.8 Å². The number of benzene rings is 2. The van der Waals surface area contributed by atoms with Gasteiger partial charge in [-0.25, -0.2) is 0 Å². The minimum atomic E-state index is -0.0975. The van der Waals surface area contributed by atoms with Crippen LogP contribution >= 0.6 is 35.0 Å². The molecule has 0 bridgehead atoms. The molecular weight excluding hydrogens is 451 g/mol. The molecule has 31 heavy (non-hydrogen) atoms. The van der Waals surface area contributed by atoms with Gasteiger partial charge in [-0.15, -0.1) is 0 Å². The number of hydrogen-bond donors (Lipinski definition) is 0. The van der Waals surface area contributed by atoms with E-state index in [-0.39, 0.29) is 11.8 Å². The molecule has 4 nitrogen and oxygen atoms in total. The third-order valence-electron chi connectivity index (χ3n) is 5.28. The van der Waals surface area contributed by atoms with Crippen molar-refractivity contribution >= 4 is 52.9 Å². The molecular formula is C24H26Cl2N2O2S. The molecule has 0 spiro atoms. The van der Waals surface area contributed by atoms with Gasteiger partial charge in [0, 0.05) is 49.0 Å². The Morgan fingerprint density at radius 3 is 2.23 bits per heavy atom. The minimum Gasteiger partial charge on any atom is -0.339 e. The molecule has 7 heteroatoms. The first-order chi connectivity index (χ1) is 14.8. The van der Waals surface area contributed by atoms with Gasteiger partial charge >= 0.3 is 0 Å². The van der Waals surface area contributed by atoms with Crippen LogP contribution in [0.1, 0.15) is 37.8 Å². The van der Waals surface area contributed by atoms with E-state index < -0.39 is 0 Å². The van der Waals surface area contributed by atoms with E-state index in [4.69, 9.17) is 23.2 Å². The first-order valence-corrected chi connectivity index (χ1v) is 11.8. The summed E-state index contributed by atoms with van der Waals surface area (Å²) in [7, 11) is 0. The first-order valence-electron chi connectivity index (χ1n) is 10.2. The zero-order valence-electron chi connectivity index (χ0n) is 17.9. The number of hydrogen-bond acceptors (Lipinski definition) is 3. The van der Waals surface area contributed by atoms with Gasteiger partial charge in [0.05, 0.1) is 10.0 Å². The Kier molecular flexibility index (Phi) is 8.09. The summed E-state index contributed by atoms with van der Waals surface area (Å²) in [5.74, 6) is 0.348. The number of halogens is 2. The maximum atomic E-state index is 12.5. The molecule has 1 aliphatic heterocycles. The topological polar surface area (TPSA) is 40.6 Å². The Morgan fingerprint density at radius 1 is 0.935 bits per heavy atom. The van der Waals surface area contributed by atoms with Crippen LogP contribution in [0.4, 0.5) is 0 Å². The van der Waals surface area contributed by atoms with Crippen molar-refractivity contribution in [1.29, 1.82) is 0 Å². The summed E-state index contributed by atoms with van der Waals surface area (Å²) in [6.45, 7) is 8.06. The standard InChI is InChI=1S/C24H26Cl2N2O2S/c1-16(2)19-6-4-5-7-20(19)31-21-10-8-18(23(25)24(21)26)9-11-22(30)28-14-12-27(13-15-28)17(3)29/h4-11,16H,12-15H2,1-3H3/b11-9+. The van der Waals surface area contributed by atoms with Crippen molar-refractivity contribution in [3.63, 3.8) is 0 Å². The highest BCUT2D eigenvalue weighted by Gasteiger charge is 2.21. The number of amides is 2. The molecule has 0 N–H and O–H groups in total. The Morgan fingerprint density at radius 2 is 1.58 bits per heavy atom. The predicted octanol–water partition coefficient (Wildman–Crippen LogP) is 5.97. The van der Waals surface area contributed by atoms with Crippen molar-refractivity contribution in [3.05, 3.63) is 63.6 Å². The van der Waals surface area contributed by atoms with E-state index in [1.807, 2.05) is 24.3 Å². The van der Waals surface area contributed by atoms with Gasteiger partial charge in [-0.3, -0.25) is 9.59 Å². The monoisotopic (exact) mass is 476 g/mol. The van der Waals surface area contributed by atoms with Crippen LogP contribution in [0, 0.1) is 0 Å². The summed E-state index contributed by atoms with van der Waals surface area (Å²) in [5, 5.41) is 0.911. The van der Waals surface area contributed by atoms with Crippen LogP contribution < -0.4 is 0 Å². The van der Waals surface area contributed by atoms with Crippen LogP contribution in [0.2, 0.25) is 10.0 Å². The third-order valence-corrected chi connectivity index (χ3v) is 7.44. The van der Waals surface area contributed by atoms with Gasteiger partial charge in [0.2, 0.25) is 11.8 Å². The van der Waals surface area contributed by atoms with E-state index in [9.17, 15) is 9.59 Å². The van der Waals surface area contributed by atoms with Gasteiger partial charge in [-0.2, -0.15) is 0 Å². The molecule has 1 saturated heterocycles. The fraction of sp³-hybridized carbons (Fsp3) is 0.333. The van der Waals surface area contributed by atoms with E-state index in [0.29, 0.717) is 47.7 Å². The molecule has 2 aromatic rings. The summed E-state index contributed by atoms with van der Waals surface area (Å²) < 4.78 is 0. The average molecular weight is 477 g/mol. The second-order valence-electron chi connectivity index (χ2n) is 7.74. The lowest BCUT2D eigenvalue weighted by atomic mass is 10.0. The number of carbonyl (C=O) groups is 2. The number of piperazine rings is 1. The third kappa shape index (κ3) is 5.85. The van der Waals surface area contributed by atoms with Crippen LogP contribution in [-0.2, 0) is 9.59 Å². The molecule has 0 aromatic heterocycles. The Hall–Kier alpha value is -1.95. The molecule has 2 aromatic carbocycles. The van der Waals surface area contributed by atoms with Crippen molar-refractivity contribution in [2.75, 3.05) is 26.2 Å². The second-order valence-corrected chi connectivity index (χ2v) is 9.58. The highest BCUT2D eigenvalue weighted by molar-refractivity contribution is 7.99. The average Bonchev–Trinajstić information content (AvgIpc) is 2.76. The van der Waals surface area contributed by atoms with Crippen LogP contribution in [0.25, 0.3) is 6.08 Å². The predicted molar refractivity (Wildman–Crippen MR) is 129 cm³/mol. The Balaban J connectivity index is 1.71. The maximum absolute atomic E-state index is 12.5. The van der Waals surface area contributed by atoms with Crippen LogP contribution in [0.5, 0.6) is 0 Å². The van der Waals surface area contributed by atoms with Gasteiger partial charge < -0.3 is 9.80 Å². The zero-order chi connectivity index (χ0) is 22.5. The molecule has 0 unspecified atom stereocenters. The summed E-state index contributed by atoms with van der Waals surface area (Å²) >= 11 is 14.7. The fourth-order valence-corrected chi connectivity index (χ4v) is 5.14. The second kappa shape index (κ2) is 10.6. The summed E-state index contributed by atoms with van der Waals surface area (Å²) in [4.78, 5) is 29.5. The van der Waals surface area contributed by atoms with E-state index in [1.165, 1.54) is 11.6 Å². The molecule has 0 aliphatic carbocycles. The van der Waals surface area contributed by atoms with Gasteiger partial charge in [0.15, 0.2) is 0 Å². The van der Waals surface area contributed by atoms with E-state index in [0.717, 1.165) is 9.79 Å².